The van der Waals surface area contributed by atoms with Crippen molar-refractivity contribution in [1.82, 2.24) is 4.98 Å². The highest BCUT2D eigenvalue weighted by Gasteiger charge is 2.17. The monoisotopic (exact) mass is 253 g/mol. The number of hydrogen-bond donors (Lipinski definition) is 0. The number of Topliss-reactive ketones (excluding diaryl/α,β-unsaturated/α-hetero) is 1. The molecule has 0 atom stereocenters. The zero-order valence-electron chi connectivity index (χ0n) is 11.1. The second kappa shape index (κ2) is 5.52. The Morgan fingerprint density at radius 1 is 1.21 bits per heavy atom. The molecule has 2 aromatic rings. The molecule has 1 saturated carbocycles. The number of carbonyl (C=O) groups is 1. The van der Waals surface area contributed by atoms with Crippen LogP contribution in [0.25, 0.3) is 10.8 Å². The summed E-state index contributed by atoms with van der Waals surface area (Å²) < 4.78 is 0. The number of hydrogen-bond acceptors (Lipinski definition) is 2. The van der Waals surface area contributed by atoms with E-state index in [2.05, 4.69) is 4.98 Å². The lowest BCUT2D eigenvalue weighted by molar-refractivity contribution is 0.0975. The average Bonchev–Trinajstić information content (AvgIpc) is 2.97. The predicted molar refractivity (Wildman–Crippen MR) is 77.3 cm³/mol. The van der Waals surface area contributed by atoms with E-state index < -0.39 is 0 Å². The fraction of sp³-hybridized carbons (Fsp3) is 0.412. The first-order valence-corrected chi connectivity index (χ1v) is 7.20. The van der Waals surface area contributed by atoms with E-state index in [0.717, 1.165) is 28.7 Å². The lowest BCUT2D eigenvalue weighted by Gasteiger charge is -2.09. The van der Waals surface area contributed by atoms with Gasteiger partial charge in [-0.3, -0.25) is 9.78 Å². The second-order valence-electron chi connectivity index (χ2n) is 5.51. The summed E-state index contributed by atoms with van der Waals surface area (Å²) in [6.07, 6.45) is 10.6. The van der Waals surface area contributed by atoms with Gasteiger partial charge in [-0.25, -0.2) is 0 Å². The molecule has 0 spiro atoms. The van der Waals surface area contributed by atoms with Crippen LogP contribution >= 0.6 is 0 Å². The minimum Gasteiger partial charge on any atom is -0.294 e. The van der Waals surface area contributed by atoms with Gasteiger partial charge in [0.2, 0.25) is 0 Å². The van der Waals surface area contributed by atoms with Crippen LogP contribution in [0.3, 0.4) is 0 Å². The summed E-state index contributed by atoms with van der Waals surface area (Å²) >= 11 is 0. The number of benzene rings is 1. The summed E-state index contributed by atoms with van der Waals surface area (Å²) in [5.74, 6) is 1.06. The maximum atomic E-state index is 12.4. The molecule has 0 unspecified atom stereocenters. The van der Waals surface area contributed by atoms with Gasteiger partial charge in [0.15, 0.2) is 5.78 Å². The van der Waals surface area contributed by atoms with Gasteiger partial charge in [0.25, 0.3) is 0 Å². The van der Waals surface area contributed by atoms with Crippen molar-refractivity contribution in [2.45, 2.75) is 38.5 Å². The van der Waals surface area contributed by atoms with Crippen LogP contribution in [0, 0.1) is 5.92 Å². The molecule has 2 heteroatoms. The van der Waals surface area contributed by atoms with Crippen LogP contribution in [0.15, 0.2) is 36.7 Å². The Morgan fingerprint density at radius 2 is 2.05 bits per heavy atom. The summed E-state index contributed by atoms with van der Waals surface area (Å²) in [6, 6.07) is 7.85. The quantitative estimate of drug-likeness (QED) is 0.756. The third kappa shape index (κ3) is 2.67. The van der Waals surface area contributed by atoms with Gasteiger partial charge in [-0.05, 0) is 23.8 Å². The van der Waals surface area contributed by atoms with Crippen LogP contribution in [0.1, 0.15) is 48.9 Å². The number of carbonyl (C=O) groups excluding carboxylic acids is 1. The smallest absolute Gasteiger partial charge is 0.163 e. The molecule has 98 valence electrons. The van der Waals surface area contributed by atoms with E-state index in [-0.39, 0.29) is 5.78 Å². The highest BCUT2D eigenvalue weighted by atomic mass is 16.1. The van der Waals surface area contributed by atoms with Crippen molar-refractivity contribution < 1.29 is 4.79 Å². The highest BCUT2D eigenvalue weighted by Crippen LogP contribution is 2.29. The van der Waals surface area contributed by atoms with E-state index >= 15 is 0 Å². The molecule has 19 heavy (non-hydrogen) atoms. The molecule has 0 N–H and O–H groups in total. The molecule has 1 aromatic heterocycles. The van der Waals surface area contributed by atoms with Crippen LogP contribution in [0.4, 0.5) is 0 Å². The maximum absolute atomic E-state index is 12.4. The Labute approximate surface area is 113 Å². The van der Waals surface area contributed by atoms with Crippen molar-refractivity contribution in [3.8, 4) is 0 Å². The van der Waals surface area contributed by atoms with Gasteiger partial charge >= 0.3 is 0 Å². The molecule has 3 rings (SSSR count). The molecule has 1 aliphatic rings. The maximum Gasteiger partial charge on any atom is 0.163 e. The molecule has 0 bridgehead atoms. The third-order valence-electron chi connectivity index (χ3n) is 4.24. The number of ketones is 1. The minimum absolute atomic E-state index is 0.281. The van der Waals surface area contributed by atoms with Crippen LogP contribution in [-0.2, 0) is 0 Å². The van der Waals surface area contributed by atoms with Crippen LogP contribution in [0.2, 0.25) is 0 Å². The summed E-state index contributed by atoms with van der Waals surface area (Å²) in [5.41, 5.74) is 0.859. The number of nitrogens with zero attached hydrogens (tertiary/aromatic N) is 1. The Balaban J connectivity index is 1.77. The van der Waals surface area contributed by atoms with Crippen LogP contribution in [0.5, 0.6) is 0 Å². The van der Waals surface area contributed by atoms with E-state index in [4.69, 9.17) is 0 Å². The van der Waals surface area contributed by atoms with E-state index in [9.17, 15) is 4.79 Å². The van der Waals surface area contributed by atoms with Gasteiger partial charge < -0.3 is 0 Å². The Bertz CT molecular complexity index is 579. The van der Waals surface area contributed by atoms with Gasteiger partial charge in [0, 0.05) is 29.8 Å². The number of fused-ring (bicyclic) bond motifs is 1. The van der Waals surface area contributed by atoms with Crippen molar-refractivity contribution in [3.63, 3.8) is 0 Å². The first-order chi connectivity index (χ1) is 9.34. The topological polar surface area (TPSA) is 30.0 Å². The van der Waals surface area contributed by atoms with Crippen molar-refractivity contribution in [1.29, 1.82) is 0 Å². The summed E-state index contributed by atoms with van der Waals surface area (Å²) in [5, 5.41) is 2.09. The SMILES string of the molecule is O=C(CCC1CCCC1)c1cccc2cnccc12. The fourth-order valence-electron chi connectivity index (χ4n) is 3.13. The van der Waals surface area contributed by atoms with Crippen molar-refractivity contribution in [3.05, 3.63) is 42.2 Å². The fourth-order valence-corrected chi connectivity index (χ4v) is 3.13. The Hall–Kier alpha value is -1.70. The van der Waals surface area contributed by atoms with Gasteiger partial charge in [-0.2, -0.15) is 0 Å². The summed E-state index contributed by atoms with van der Waals surface area (Å²) in [4.78, 5) is 16.5. The van der Waals surface area contributed by atoms with Gasteiger partial charge in [-0.1, -0.05) is 43.9 Å². The highest BCUT2D eigenvalue weighted by molar-refractivity contribution is 6.07. The predicted octanol–water partition coefficient (Wildman–Crippen LogP) is 4.39. The molecule has 0 radical (unpaired) electrons. The molecular formula is C17H19NO. The number of rotatable bonds is 4. The molecule has 2 nitrogen and oxygen atoms in total. The minimum atomic E-state index is 0.281. The normalized spacial score (nSPS) is 16.0. The average molecular weight is 253 g/mol. The van der Waals surface area contributed by atoms with Crippen molar-refractivity contribution >= 4 is 16.6 Å². The first kappa shape index (κ1) is 12.3. The lowest BCUT2D eigenvalue weighted by atomic mass is 9.95. The van der Waals surface area contributed by atoms with E-state index in [1.807, 2.05) is 30.5 Å². The molecule has 1 aliphatic carbocycles. The standard InChI is InChI=1S/C17H19NO/c19-17(9-8-13-4-1-2-5-13)16-7-3-6-14-12-18-11-10-15(14)16/h3,6-7,10-13H,1-2,4-5,8-9H2. The number of pyridine rings is 1. The summed E-state index contributed by atoms with van der Waals surface area (Å²) in [6.45, 7) is 0. The van der Waals surface area contributed by atoms with Crippen molar-refractivity contribution in [2.75, 3.05) is 0 Å². The molecule has 1 fully saturated rings. The van der Waals surface area contributed by atoms with E-state index in [1.54, 1.807) is 6.20 Å². The molecule has 0 saturated heterocycles. The van der Waals surface area contributed by atoms with Crippen LogP contribution < -0.4 is 0 Å². The molecule has 0 aliphatic heterocycles. The largest absolute Gasteiger partial charge is 0.294 e. The van der Waals surface area contributed by atoms with E-state index in [0.29, 0.717) is 6.42 Å². The molecular weight excluding hydrogens is 234 g/mol. The summed E-state index contributed by atoms with van der Waals surface area (Å²) in [7, 11) is 0. The zero-order chi connectivity index (χ0) is 13.1. The zero-order valence-corrected chi connectivity index (χ0v) is 11.1. The Morgan fingerprint density at radius 3 is 2.89 bits per heavy atom. The first-order valence-electron chi connectivity index (χ1n) is 7.20. The van der Waals surface area contributed by atoms with Gasteiger partial charge in [0.1, 0.15) is 0 Å². The number of aromatic nitrogens is 1. The Kier molecular flexibility index (Phi) is 3.58. The van der Waals surface area contributed by atoms with Gasteiger partial charge in [0.05, 0.1) is 0 Å². The molecule has 1 heterocycles. The van der Waals surface area contributed by atoms with Crippen LogP contribution in [-0.4, -0.2) is 10.8 Å². The molecule has 1 aromatic carbocycles. The lowest BCUT2D eigenvalue weighted by Crippen LogP contribution is -2.03. The van der Waals surface area contributed by atoms with Gasteiger partial charge in [-0.15, -0.1) is 0 Å². The molecule has 0 amide bonds. The van der Waals surface area contributed by atoms with E-state index in [1.165, 1.54) is 25.7 Å². The second-order valence-corrected chi connectivity index (χ2v) is 5.51. The van der Waals surface area contributed by atoms with Crippen molar-refractivity contribution in [2.24, 2.45) is 5.92 Å². The third-order valence-corrected chi connectivity index (χ3v) is 4.24.